The van der Waals surface area contributed by atoms with E-state index in [0.717, 1.165) is 28.1 Å². The Kier molecular flexibility index (Phi) is 8.93. The van der Waals surface area contributed by atoms with Gasteiger partial charge in [0, 0.05) is 11.1 Å². The van der Waals surface area contributed by atoms with Crippen molar-refractivity contribution < 1.29 is 0 Å². The number of rotatable bonds is 7. The third-order valence-corrected chi connectivity index (χ3v) is 9.77. The van der Waals surface area contributed by atoms with Crippen LogP contribution < -0.4 is 0 Å². The maximum absolute atomic E-state index is 5.40. The van der Waals surface area contributed by atoms with E-state index in [1.54, 1.807) is 0 Å². The van der Waals surface area contributed by atoms with Crippen LogP contribution in [0.1, 0.15) is 22.3 Å². The van der Waals surface area contributed by atoms with E-state index in [0.29, 0.717) is 0 Å². The van der Waals surface area contributed by atoms with Crippen LogP contribution in [0.5, 0.6) is 0 Å². The zero-order chi connectivity index (χ0) is 35.6. The first kappa shape index (κ1) is 32.9. The zero-order valence-electron chi connectivity index (χ0n) is 30.2. The number of hydrogen-bond donors (Lipinski definition) is 0. The van der Waals surface area contributed by atoms with Crippen LogP contribution in [0.15, 0.2) is 176 Å². The highest BCUT2D eigenvalue weighted by Gasteiger charge is 2.13. The van der Waals surface area contributed by atoms with Crippen molar-refractivity contribution in [2.24, 2.45) is 0 Å². The minimum atomic E-state index is 0.959. The van der Waals surface area contributed by atoms with E-state index in [1.807, 2.05) is 0 Å². The Morgan fingerprint density at radius 2 is 0.538 bits per heavy atom. The summed E-state index contributed by atoms with van der Waals surface area (Å²) < 4.78 is 0. The van der Waals surface area contributed by atoms with Crippen molar-refractivity contribution in [3.63, 3.8) is 0 Å². The summed E-state index contributed by atoms with van der Waals surface area (Å²) in [4.78, 5) is 5.40. The van der Waals surface area contributed by atoms with Gasteiger partial charge in [0.25, 0.3) is 0 Å². The standard InChI is InChI=1S/C51H41N/c1-34-12-8-16-39(22-34)41-18-10-20-43(28-41)45-24-36(3)26-48(30-45)50-32-47(38-14-6-5-7-15-38)33-51(52-50)49-27-37(4)25-46(31-49)44-21-11-19-42(29-44)40-17-9-13-35(2)23-40/h5-33H,1-4H3. The molecule has 0 spiro atoms. The maximum Gasteiger partial charge on any atom is 0.0716 e. The van der Waals surface area contributed by atoms with Crippen LogP contribution in [0.4, 0.5) is 0 Å². The molecule has 52 heavy (non-hydrogen) atoms. The van der Waals surface area contributed by atoms with Crippen LogP contribution >= 0.6 is 0 Å². The van der Waals surface area contributed by atoms with Crippen molar-refractivity contribution in [2.45, 2.75) is 27.7 Å². The summed E-state index contributed by atoms with van der Waals surface area (Å²) in [5.74, 6) is 0. The number of pyridine rings is 1. The lowest BCUT2D eigenvalue weighted by molar-refractivity contribution is 1.31. The van der Waals surface area contributed by atoms with Gasteiger partial charge in [0.2, 0.25) is 0 Å². The molecule has 0 saturated carbocycles. The molecule has 0 bridgehead atoms. The summed E-state index contributed by atoms with van der Waals surface area (Å²) in [6.45, 7) is 8.65. The number of nitrogens with zero attached hydrogens (tertiary/aromatic N) is 1. The highest BCUT2D eigenvalue weighted by Crippen LogP contribution is 2.36. The molecule has 250 valence electrons. The molecule has 0 amide bonds. The highest BCUT2D eigenvalue weighted by molar-refractivity contribution is 5.83. The Bertz CT molecular complexity index is 2400. The third kappa shape index (κ3) is 7.13. The van der Waals surface area contributed by atoms with Gasteiger partial charge in [-0.2, -0.15) is 0 Å². The molecule has 0 saturated heterocycles. The van der Waals surface area contributed by atoms with Gasteiger partial charge in [-0.1, -0.05) is 139 Å². The molecule has 0 aliphatic heterocycles. The lowest BCUT2D eigenvalue weighted by Gasteiger charge is -2.14. The fourth-order valence-corrected chi connectivity index (χ4v) is 7.22. The largest absolute Gasteiger partial charge is 0.248 e. The Balaban J connectivity index is 1.23. The van der Waals surface area contributed by atoms with Gasteiger partial charge in [-0.15, -0.1) is 0 Å². The average Bonchev–Trinajstić information content (AvgIpc) is 3.18. The van der Waals surface area contributed by atoms with E-state index in [4.69, 9.17) is 4.98 Å². The first-order valence-electron chi connectivity index (χ1n) is 18.0. The second kappa shape index (κ2) is 14.1. The van der Waals surface area contributed by atoms with Crippen molar-refractivity contribution in [3.8, 4) is 78.1 Å². The van der Waals surface area contributed by atoms with Crippen molar-refractivity contribution in [3.05, 3.63) is 198 Å². The molecule has 1 nitrogen and oxygen atoms in total. The van der Waals surface area contributed by atoms with Crippen molar-refractivity contribution in [2.75, 3.05) is 0 Å². The molecule has 1 aromatic heterocycles. The van der Waals surface area contributed by atoms with E-state index in [2.05, 4.69) is 204 Å². The highest BCUT2D eigenvalue weighted by atomic mass is 14.7. The summed E-state index contributed by atoms with van der Waals surface area (Å²) in [6.07, 6.45) is 0. The Morgan fingerprint density at radius 3 is 0.981 bits per heavy atom. The first-order valence-corrected chi connectivity index (χ1v) is 18.0. The van der Waals surface area contributed by atoms with Crippen LogP contribution in [-0.2, 0) is 0 Å². The van der Waals surface area contributed by atoms with E-state index < -0.39 is 0 Å². The molecule has 8 rings (SSSR count). The normalized spacial score (nSPS) is 11.1. The topological polar surface area (TPSA) is 12.9 Å². The second-order valence-corrected chi connectivity index (χ2v) is 14.1. The van der Waals surface area contributed by atoms with Gasteiger partial charge in [0.05, 0.1) is 11.4 Å². The third-order valence-electron chi connectivity index (χ3n) is 9.77. The maximum atomic E-state index is 5.40. The minimum Gasteiger partial charge on any atom is -0.248 e. The van der Waals surface area contributed by atoms with Crippen molar-refractivity contribution in [1.29, 1.82) is 0 Å². The summed E-state index contributed by atoms with van der Waals surface area (Å²) in [7, 11) is 0. The average molecular weight is 668 g/mol. The molecular weight excluding hydrogens is 627 g/mol. The zero-order valence-corrected chi connectivity index (χ0v) is 30.2. The van der Waals surface area contributed by atoms with Gasteiger partial charge in [-0.25, -0.2) is 4.98 Å². The van der Waals surface area contributed by atoms with E-state index >= 15 is 0 Å². The number of aryl methyl sites for hydroxylation is 4. The van der Waals surface area contributed by atoms with Crippen LogP contribution in [0, 0.1) is 27.7 Å². The van der Waals surface area contributed by atoms with Gasteiger partial charge in [-0.3, -0.25) is 0 Å². The summed E-state index contributed by atoms with van der Waals surface area (Å²) in [6, 6.07) is 63.9. The van der Waals surface area contributed by atoms with Crippen LogP contribution in [0.25, 0.3) is 78.1 Å². The molecule has 0 fully saturated rings. The molecule has 7 aromatic carbocycles. The van der Waals surface area contributed by atoms with Gasteiger partial charge >= 0.3 is 0 Å². The van der Waals surface area contributed by atoms with Gasteiger partial charge in [0.15, 0.2) is 0 Å². The van der Waals surface area contributed by atoms with Gasteiger partial charge in [0.1, 0.15) is 0 Å². The molecule has 0 aliphatic carbocycles. The minimum absolute atomic E-state index is 0.959. The number of aromatic nitrogens is 1. The molecule has 0 aliphatic rings. The predicted octanol–water partition coefficient (Wildman–Crippen LogP) is 14.0. The number of benzene rings is 7. The second-order valence-electron chi connectivity index (χ2n) is 14.1. The van der Waals surface area contributed by atoms with Crippen molar-refractivity contribution in [1.82, 2.24) is 4.98 Å². The Labute approximate surface area is 308 Å². The molecule has 1 heterocycles. The number of hydrogen-bond acceptors (Lipinski definition) is 1. The van der Waals surface area contributed by atoms with Crippen molar-refractivity contribution >= 4 is 0 Å². The smallest absolute Gasteiger partial charge is 0.0716 e. The molecule has 0 atom stereocenters. The molecule has 8 aromatic rings. The van der Waals surface area contributed by atoms with Crippen LogP contribution in [-0.4, -0.2) is 4.98 Å². The van der Waals surface area contributed by atoms with Gasteiger partial charge < -0.3 is 0 Å². The molecule has 0 unspecified atom stereocenters. The van der Waals surface area contributed by atoms with E-state index in [9.17, 15) is 0 Å². The van der Waals surface area contributed by atoms with E-state index in [-0.39, 0.29) is 0 Å². The van der Waals surface area contributed by atoms with Gasteiger partial charge in [-0.05, 0) is 143 Å². The van der Waals surface area contributed by atoms with E-state index in [1.165, 1.54) is 72.3 Å². The van der Waals surface area contributed by atoms with Crippen LogP contribution in [0.3, 0.4) is 0 Å². The molecule has 1 heteroatoms. The lowest BCUT2D eigenvalue weighted by atomic mass is 9.93. The predicted molar refractivity (Wildman–Crippen MR) is 221 cm³/mol. The first-order chi connectivity index (χ1) is 25.3. The fraction of sp³-hybridized carbons (Fsp3) is 0.0784. The van der Waals surface area contributed by atoms with Crippen LogP contribution in [0.2, 0.25) is 0 Å². The summed E-state index contributed by atoms with van der Waals surface area (Å²) >= 11 is 0. The molecule has 0 N–H and O–H groups in total. The molecular formula is C51H41N. The Morgan fingerprint density at radius 1 is 0.231 bits per heavy atom. The Hall–Kier alpha value is -6.31. The monoisotopic (exact) mass is 667 g/mol. The summed E-state index contributed by atoms with van der Waals surface area (Å²) in [5.41, 5.74) is 21.0. The summed E-state index contributed by atoms with van der Waals surface area (Å²) in [5, 5.41) is 0. The molecule has 0 radical (unpaired) electrons. The SMILES string of the molecule is Cc1cccc(-c2cccc(-c3cc(C)cc(-c4cc(-c5ccccc5)cc(-c5cc(C)cc(-c6cccc(-c7cccc(C)c7)c6)c5)n4)c3)c2)c1. The lowest BCUT2D eigenvalue weighted by Crippen LogP contribution is -1.94. The fourth-order valence-electron chi connectivity index (χ4n) is 7.22. The quantitative estimate of drug-likeness (QED) is 0.165.